The van der Waals surface area contributed by atoms with Gasteiger partial charge in [-0.15, -0.1) is 0 Å². The van der Waals surface area contributed by atoms with Crippen LogP contribution in [0, 0.1) is 0 Å². The third kappa shape index (κ3) is 4.86. The van der Waals surface area contributed by atoms with E-state index in [-0.39, 0.29) is 6.03 Å². The largest absolute Gasteiger partial charge is 0.377 e. The van der Waals surface area contributed by atoms with E-state index in [4.69, 9.17) is 4.74 Å². The van der Waals surface area contributed by atoms with E-state index in [0.717, 1.165) is 40.8 Å². The van der Waals surface area contributed by atoms with E-state index in [1.165, 1.54) is 0 Å². The van der Waals surface area contributed by atoms with Gasteiger partial charge in [0.1, 0.15) is 0 Å². The molecular formula is C21H25N3O2. The molecular weight excluding hydrogens is 326 g/mol. The Kier molecular flexibility index (Phi) is 6.28. The lowest BCUT2D eigenvalue weighted by Gasteiger charge is -2.11. The molecule has 5 nitrogen and oxygen atoms in total. The molecule has 0 saturated carbocycles. The quantitative estimate of drug-likeness (QED) is 0.535. The van der Waals surface area contributed by atoms with Crippen LogP contribution in [-0.4, -0.2) is 17.6 Å². The molecule has 136 valence electrons. The Morgan fingerprint density at radius 2 is 1.73 bits per heavy atom. The van der Waals surface area contributed by atoms with Gasteiger partial charge in [0.25, 0.3) is 0 Å². The first kappa shape index (κ1) is 18.0. The van der Waals surface area contributed by atoms with Gasteiger partial charge in [0.15, 0.2) is 0 Å². The van der Waals surface area contributed by atoms with Gasteiger partial charge >= 0.3 is 6.03 Å². The number of carbonyl (C=O) groups excluding carboxylic acids is 1. The van der Waals surface area contributed by atoms with E-state index in [9.17, 15) is 4.79 Å². The zero-order valence-corrected chi connectivity index (χ0v) is 15.0. The topological polar surface area (TPSA) is 66.2 Å². The van der Waals surface area contributed by atoms with Crippen molar-refractivity contribution in [2.75, 3.05) is 6.61 Å². The number of hydrogen-bond acceptors (Lipinski definition) is 2. The maximum absolute atomic E-state index is 12.1. The number of ether oxygens (including phenoxy) is 1. The highest BCUT2D eigenvalue weighted by atomic mass is 16.5. The van der Waals surface area contributed by atoms with E-state index in [1.54, 1.807) is 0 Å². The van der Waals surface area contributed by atoms with Crippen molar-refractivity contribution in [2.45, 2.75) is 33.0 Å². The van der Waals surface area contributed by atoms with Gasteiger partial charge in [-0.2, -0.15) is 0 Å². The number of benzene rings is 2. The number of fused-ring (bicyclic) bond motifs is 1. The number of hydrogen-bond donors (Lipinski definition) is 3. The van der Waals surface area contributed by atoms with Crippen molar-refractivity contribution in [3.63, 3.8) is 0 Å². The van der Waals surface area contributed by atoms with Gasteiger partial charge in [0, 0.05) is 24.4 Å². The van der Waals surface area contributed by atoms with Crippen molar-refractivity contribution in [1.82, 2.24) is 15.6 Å². The van der Waals surface area contributed by atoms with Crippen LogP contribution in [0.25, 0.3) is 10.9 Å². The summed E-state index contributed by atoms with van der Waals surface area (Å²) >= 11 is 0. The molecule has 0 aliphatic carbocycles. The number of para-hydroxylation sites is 1. The standard InChI is InChI=1S/C21H25N3O2/c1-2-11-26-15-18-9-4-3-8-17(18)13-22-21(25)23-14-19-12-16-7-5-6-10-20(16)24-19/h3-10,12,24H,2,11,13-15H2,1H3,(H2,22,23,25). The molecule has 0 unspecified atom stereocenters. The minimum atomic E-state index is -0.187. The highest BCUT2D eigenvalue weighted by Gasteiger charge is 2.06. The fraction of sp³-hybridized carbons (Fsp3) is 0.286. The Labute approximate surface area is 153 Å². The average molecular weight is 351 g/mol. The van der Waals surface area contributed by atoms with Gasteiger partial charge in [-0.05, 0) is 35.1 Å². The van der Waals surface area contributed by atoms with E-state index < -0.39 is 0 Å². The van der Waals surface area contributed by atoms with Crippen LogP contribution in [0.4, 0.5) is 4.79 Å². The summed E-state index contributed by atoms with van der Waals surface area (Å²) in [7, 11) is 0. The molecule has 1 heterocycles. The Morgan fingerprint density at radius 3 is 2.54 bits per heavy atom. The number of aromatic nitrogens is 1. The van der Waals surface area contributed by atoms with Crippen LogP contribution in [0.1, 0.15) is 30.2 Å². The minimum absolute atomic E-state index is 0.187. The van der Waals surface area contributed by atoms with Crippen LogP contribution in [0.2, 0.25) is 0 Å². The number of nitrogens with one attached hydrogen (secondary N) is 3. The third-order valence-corrected chi connectivity index (χ3v) is 4.19. The zero-order valence-electron chi connectivity index (χ0n) is 15.0. The molecule has 0 aliphatic rings. The first-order valence-corrected chi connectivity index (χ1v) is 8.99. The summed E-state index contributed by atoms with van der Waals surface area (Å²) in [4.78, 5) is 15.4. The molecule has 0 atom stereocenters. The molecule has 2 aromatic carbocycles. The Morgan fingerprint density at radius 1 is 1.00 bits per heavy atom. The van der Waals surface area contributed by atoms with Crippen molar-refractivity contribution in [1.29, 1.82) is 0 Å². The summed E-state index contributed by atoms with van der Waals surface area (Å²) in [6.45, 7) is 4.34. The third-order valence-electron chi connectivity index (χ3n) is 4.19. The van der Waals surface area contributed by atoms with Crippen molar-refractivity contribution < 1.29 is 9.53 Å². The van der Waals surface area contributed by atoms with Gasteiger partial charge < -0.3 is 20.4 Å². The Bertz CT molecular complexity index is 824. The lowest BCUT2D eigenvalue weighted by Crippen LogP contribution is -2.34. The molecule has 0 aliphatic heterocycles. The minimum Gasteiger partial charge on any atom is -0.377 e. The van der Waals surface area contributed by atoms with Crippen molar-refractivity contribution in [2.24, 2.45) is 0 Å². The second-order valence-electron chi connectivity index (χ2n) is 6.24. The second-order valence-corrected chi connectivity index (χ2v) is 6.24. The summed E-state index contributed by atoms with van der Waals surface area (Å²) in [6.07, 6.45) is 0.997. The number of aromatic amines is 1. The van der Waals surface area contributed by atoms with E-state index in [1.807, 2.05) is 48.5 Å². The van der Waals surface area contributed by atoms with Crippen LogP contribution in [0.3, 0.4) is 0 Å². The highest BCUT2D eigenvalue weighted by molar-refractivity contribution is 5.80. The number of carbonyl (C=O) groups is 1. The van der Waals surface area contributed by atoms with Crippen LogP contribution in [0.15, 0.2) is 54.6 Å². The lowest BCUT2D eigenvalue weighted by molar-refractivity contribution is 0.121. The fourth-order valence-electron chi connectivity index (χ4n) is 2.84. The molecule has 2 amide bonds. The maximum Gasteiger partial charge on any atom is 0.315 e. The van der Waals surface area contributed by atoms with Gasteiger partial charge in [0.2, 0.25) is 0 Å². The average Bonchev–Trinajstić information content (AvgIpc) is 3.09. The summed E-state index contributed by atoms with van der Waals surface area (Å²) in [5, 5.41) is 6.95. The van der Waals surface area contributed by atoms with Gasteiger partial charge in [0.05, 0.1) is 13.2 Å². The predicted octanol–water partition coefficient (Wildman–Crippen LogP) is 4.09. The van der Waals surface area contributed by atoms with Crippen LogP contribution in [-0.2, 0) is 24.4 Å². The van der Waals surface area contributed by atoms with Gasteiger partial charge in [-0.3, -0.25) is 0 Å². The Hall–Kier alpha value is -2.79. The Balaban J connectivity index is 1.49. The first-order valence-electron chi connectivity index (χ1n) is 8.99. The summed E-state index contributed by atoms with van der Waals surface area (Å²) in [6, 6.07) is 17.9. The summed E-state index contributed by atoms with van der Waals surface area (Å²) in [5.41, 5.74) is 4.24. The molecule has 3 N–H and O–H groups in total. The number of urea groups is 1. The van der Waals surface area contributed by atoms with Crippen LogP contribution < -0.4 is 10.6 Å². The highest BCUT2D eigenvalue weighted by Crippen LogP contribution is 2.14. The van der Waals surface area contributed by atoms with Crippen molar-refractivity contribution in [3.05, 3.63) is 71.4 Å². The molecule has 0 radical (unpaired) electrons. The normalized spacial score (nSPS) is 10.8. The molecule has 1 aromatic heterocycles. The van der Waals surface area contributed by atoms with Crippen molar-refractivity contribution in [3.8, 4) is 0 Å². The molecule has 5 heteroatoms. The molecule has 0 spiro atoms. The molecule has 3 aromatic rings. The lowest BCUT2D eigenvalue weighted by atomic mass is 10.1. The smallest absolute Gasteiger partial charge is 0.315 e. The van der Waals surface area contributed by atoms with E-state index in [0.29, 0.717) is 19.7 Å². The molecule has 0 bridgehead atoms. The number of H-pyrrole nitrogens is 1. The summed E-state index contributed by atoms with van der Waals surface area (Å²) < 4.78 is 5.62. The second kappa shape index (κ2) is 9.06. The fourth-order valence-corrected chi connectivity index (χ4v) is 2.84. The molecule has 0 fully saturated rings. The predicted molar refractivity (Wildman–Crippen MR) is 104 cm³/mol. The van der Waals surface area contributed by atoms with Gasteiger partial charge in [-0.25, -0.2) is 4.79 Å². The number of rotatable bonds is 8. The SMILES string of the molecule is CCCOCc1ccccc1CNC(=O)NCc1cc2ccccc2[nH]1. The van der Waals surface area contributed by atoms with E-state index >= 15 is 0 Å². The van der Waals surface area contributed by atoms with Gasteiger partial charge in [-0.1, -0.05) is 49.4 Å². The molecule has 26 heavy (non-hydrogen) atoms. The van der Waals surface area contributed by atoms with Crippen molar-refractivity contribution >= 4 is 16.9 Å². The van der Waals surface area contributed by atoms with Crippen LogP contribution >= 0.6 is 0 Å². The van der Waals surface area contributed by atoms with E-state index in [2.05, 4.69) is 28.6 Å². The van der Waals surface area contributed by atoms with Crippen LogP contribution in [0.5, 0.6) is 0 Å². The maximum atomic E-state index is 12.1. The monoisotopic (exact) mass is 351 g/mol. The molecule has 3 rings (SSSR count). The first-order chi connectivity index (χ1) is 12.8. The number of amides is 2. The zero-order chi connectivity index (χ0) is 18.2. The summed E-state index contributed by atoms with van der Waals surface area (Å²) in [5.74, 6) is 0. The molecule has 0 saturated heterocycles.